The predicted molar refractivity (Wildman–Crippen MR) is 58.8 cm³/mol. The van der Waals surface area contributed by atoms with E-state index >= 15 is 0 Å². The van der Waals surface area contributed by atoms with Crippen LogP contribution in [-0.4, -0.2) is 16.1 Å². The largest absolute Gasteiger partial charge is 0.476 e. The van der Waals surface area contributed by atoms with Crippen LogP contribution in [0.25, 0.3) is 10.8 Å². The van der Waals surface area contributed by atoms with Crippen molar-refractivity contribution in [1.29, 1.82) is 0 Å². The molecule has 1 N–H and O–H groups in total. The number of aromatic carboxylic acids is 1. The summed E-state index contributed by atoms with van der Waals surface area (Å²) in [6.45, 7) is 0. The van der Waals surface area contributed by atoms with Gasteiger partial charge in [-0.3, -0.25) is 0 Å². The van der Waals surface area contributed by atoms with E-state index in [-0.39, 0.29) is 5.69 Å². The monoisotopic (exact) mass is 235 g/mol. The van der Waals surface area contributed by atoms with Crippen LogP contribution in [0, 0.1) is 0 Å². The summed E-state index contributed by atoms with van der Waals surface area (Å²) in [5.41, 5.74) is 1.32. The molecule has 2 aromatic rings. The lowest BCUT2D eigenvalue weighted by molar-refractivity contribution is 0.0690. The maximum absolute atomic E-state index is 10.7. The van der Waals surface area contributed by atoms with Crippen LogP contribution in [0.4, 0.5) is 0 Å². The molecule has 0 spiro atoms. The number of aromatic nitrogens is 1. The van der Waals surface area contributed by atoms with Crippen molar-refractivity contribution in [2.24, 2.45) is 0 Å². The van der Waals surface area contributed by atoms with Crippen LogP contribution in [0.1, 0.15) is 27.3 Å². The maximum Gasteiger partial charge on any atom is 0.357 e. The second-order valence-corrected chi connectivity index (χ2v) is 4.89. The number of carboxylic acids is 1. The van der Waals surface area contributed by atoms with E-state index in [1.54, 1.807) is 11.3 Å². The lowest BCUT2D eigenvalue weighted by atomic mass is 10.2. The molecule has 0 saturated heterocycles. The summed E-state index contributed by atoms with van der Waals surface area (Å²) in [6, 6.07) is 2.06. The van der Waals surface area contributed by atoms with Gasteiger partial charge in [-0.25, -0.2) is 9.78 Å². The molecule has 1 aliphatic rings. The molecule has 0 bridgehead atoms. The van der Waals surface area contributed by atoms with Crippen molar-refractivity contribution in [3.63, 3.8) is 0 Å². The van der Waals surface area contributed by atoms with Crippen molar-refractivity contribution >= 4 is 17.3 Å². The summed E-state index contributed by atoms with van der Waals surface area (Å²) in [5.74, 6) is -0.643. The Kier molecular flexibility index (Phi) is 2.07. The number of carboxylic acid groups (broad SMARTS) is 1. The molecule has 1 aliphatic carbocycles. The molecule has 2 aromatic heterocycles. The minimum absolute atomic E-state index is 0.0384. The van der Waals surface area contributed by atoms with Crippen molar-refractivity contribution in [3.8, 4) is 10.8 Å². The highest BCUT2D eigenvalue weighted by atomic mass is 32.1. The Morgan fingerprint density at radius 2 is 2.38 bits per heavy atom. The lowest BCUT2D eigenvalue weighted by Gasteiger charge is -1.88. The zero-order valence-corrected chi connectivity index (χ0v) is 9.21. The molecule has 5 heteroatoms. The van der Waals surface area contributed by atoms with Crippen molar-refractivity contribution in [2.75, 3.05) is 0 Å². The van der Waals surface area contributed by atoms with Crippen LogP contribution < -0.4 is 0 Å². The number of fused-ring (bicyclic) bond motifs is 1. The van der Waals surface area contributed by atoms with Crippen LogP contribution in [0.15, 0.2) is 16.7 Å². The SMILES string of the molecule is O=C(O)c1coc(-c2cc3c(s2)CCC3)n1. The third-order valence-electron chi connectivity index (χ3n) is 2.68. The van der Waals surface area contributed by atoms with Crippen LogP contribution in [0.2, 0.25) is 0 Å². The zero-order chi connectivity index (χ0) is 11.1. The van der Waals surface area contributed by atoms with Gasteiger partial charge in [-0.1, -0.05) is 0 Å². The summed E-state index contributed by atoms with van der Waals surface area (Å²) in [4.78, 5) is 16.9. The van der Waals surface area contributed by atoms with Gasteiger partial charge in [0.05, 0.1) is 4.88 Å². The molecule has 0 fully saturated rings. The third kappa shape index (κ3) is 1.44. The molecule has 0 radical (unpaired) electrons. The van der Waals surface area contributed by atoms with Gasteiger partial charge in [0.15, 0.2) is 5.69 Å². The average Bonchev–Trinajstić information content (AvgIpc) is 2.91. The molecule has 0 saturated carbocycles. The number of oxazole rings is 1. The first-order valence-corrected chi connectivity index (χ1v) is 5.86. The first-order chi connectivity index (χ1) is 7.74. The first-order valence-electron chi connectivity index (χ1n) is 5.05. The molecule has 0 amide bonds. The Labute approximate surface area is 95.6 Å². The topological polar surface area (TPSA) is 63.3 Å². The van der Waals surface area contributed by atoms with Gasteiger partial charge >= 0.3 is 5.97 Å². The summed E-state index contributed by atoms with van der Waals surface area (Å²) < 4.78 is 5.17. The van der Waals surface area contributed by atoms with Crippen molar-refractivity contribution < 1.29 is 14.3 Å². The number of hydrogen-bond acceptors (Lipinski definition) is 4. The summed E-state index contributed by atoms with van der Waals surface area (Å²) in [5, 5.41) is 8.74. The molecule has 0 atom stereocenters. The summed E-state index contributed by atoms with van der Waals surface area (Å²) >= 11 is 1.65. The Hall–Kier alpha value is -1.62. The van der Waals surface area contributed by atoms with Gasteiger partial charge in [0, 0.05) is 4.88 Å². The molecular weight excluding hydrogens is 226 g/mol. The van der Waals surface area contributed by atoms with Gasteiger partial charge in [0.1, 0.15) is 6.26 Å². The fourth-order valence-corrected chi connectivity index (χ4v) is 3.11. The summed E-state index contributed by atoms with van der Waals surface area (Å²) in [7, 11) is 0. The first kappa shape index (κ1) is 9.59. The number of thiophene rings is 1. The van der Waals surface area contributed by atoms with E-state index in [2.05, 4.69) is 11.1 Å². The molecule has 16 heavy (non-hydrogen) atoms. The maximum atomic E-state index is 10.7. The van der Waals surface area contributed by atoms with Crippen LogP contribution in [0.3, 0.4) is 0 Å². The van der Waals surface area contributed by atoms with Gasteiger partial charge in [-0.15, -0.1) is 11.3 Å². The number of aryl methyl sites for hydroxylation is 2. The molecule has 0 aromatic carbocycles. The van der Waals surface area contributed by atoms with E-state index in [0.29, 0.717) is 5.89 Å². The van der Waals surface area contributed by atoms with Gasteiger partial charge in [-0.2, -0.15) is 0 Å². The van der Waals surface area contributed by atoms with Crippen molar-refractivity contribution in [1.82, 2.24) is 4.98 Å². The Balaban J connectivity index is 1.98. The number of hydrogen-bond donors (Lipinski definition) is 1. The van der Waals surface area contributed by atoms with Gasteiger partial charge < -0.3 is 9.52 Å². The minimum Gasteiger partial charge on any atom is -0.476 e. The molecule has 3 rings (SSSR count). The molecule has 0 unspecified atom stereocenters. The second kappa shape index (κ2) is 3.45. The molecular formula is C11H9NO3S. The van der Waals surface area contributed by atoms with E-state index < -0.39 is 5.97 Å². The van der Waals surface area contributed by atoms with Crippen molar-refractivity contribution in [3.05, 3.63) is 28.5 Å². The van der Waals surface area contributed by atoms with E-state index in [1.165, 1.54) is 23.1 Å². The highest BCUT2D eigenvalue weighted by Crippen LogP contribution is 2.36. The lowest BCUT2D eigenvalue weighted by Crippen LogP contribution is -1.95. The smallest absolute Gasteiger partial charge is 0.357 e. The van der Waals surface area contributed by atoms with Crippen LogP contribution in [0.5, 0.6) is 0 Å². The van der Waals surface area contributed by atoms with Gasteiger partial charge in [-0.05, 0) is 30.9 Å². The quantitative estimate of drug-likeness (QED) is 0.869. The molecule has 0 aliphatic heterocycles. The molecule has 2 heterocycles. The number of carbonyl (C=O) groups is 1. The van der Waals surface area contributed by atoms with Crippen LogP contribution in [-0.2, 0) is 12.8 Å². The average molecular weight is 235 g/mol. The van der Waals surface area contributed by atoms with E-state index in [0.717, 1.165) is 17.7 Å². The normalized spacial score (nSPS) is 14.0. The number of nitrogens with zero attached hydrogens (tertiary/aromatic N) is 1. The zero-order valence-electron chi connectivity index (χ0n) is 8.40. The van der Waals surface area contributed by atoms with E-state index in [1.807, 2.05) is 0 Å². The predicted octanol–water partition coefficient (Wildman–Crippen LogP) is 2.59. The minimum atomic E-state index is -1.06. The van der Waals surface area contributed by atoms with Gasteiger partial charge in [0.2, 0.25) is 5.89 Å². The van der Waals surface area contributed by atoms with E-state index in [4.69, 9.17) is 9.52 Å². The molecule has 82 valence electrons. The highest BCUT2D eigenvalue weighted by molar-refractivity contribution is 7.15. The van der Waals surface area contributed by atoms with E-state index in [9.17, 15) is 4.79 Å². The Morgan fingerprint density at radius 1 is 1.50 bits per heavy atom. The number of rotatable bonds is 2. The second-order valence-electron chi connectivity index (χ2n) is 3.76. The fourth-order valence-electron chi connectivity index (χ4n) is 1.92. The van der Waals surface area contributed by atoms with Crippen LogP contribution >= 0.6 is 11.3 Å². The standard InChI is InChI=1S/C11H9NO3S/c13-11(14)7-5-15-10(12-7)9-4-6-2-1-3-8(6)16-9/h4-5H,1-3H2,(H,13,14). The highest BCUT2D eigenvalue weighted by Gasteiger charge is 2.19. The Morgan fingerprint density at radius 3 is 3.06 bits per heavy atom. The van der Waals surface area contributed by atoms with Gasteiger partial charge in [0.25, 0.3) is 0 Å². The van der Waals surface area contributed by atoms with Crippen molar-refractivity contribution in [2.45, 2.75) is 19.3 Å². The third-order valence-corrected chi connectivity index (χ3v) is 3.91. The summed E-state index contributed by atoms with van der Waals surface area (Å²) in [6.07, 6.45) is 4.63. The molecule has 4 nitrogen and oxygen atoms in total. The Bertz CT molecular complexity index is 534. The fraction of sp³-hybridized carbons (Fsp3) is 0.273.